The van der Waals surface area contributed by atoms with Gasteiger partial charge in [-0.2, -0.15) is 10.2 Å². The van der Waals surface area contributed by atoms with Crippen molar-refractivity contribution in [2.75, 3.05) is 72.0 Å². The van der Waals surface area contributed by atoms with Gasteiger partial charge in [-0.3, -0.25) is 29.4 Å². The zero-order valence-electron chi connectivity index (χ0n) is 41.0. The van der Waals surface area contributed by atoms with Gasteiger partial charge in [-0.25, -0.2) is 28.3 Å². The van der Waals surface area contributed by atoms with Crippen molar-refractivity contribution in [3.05, 3.63) is 84.7 Å². The van der Waals surface area contributed by atoms with Crippen molar-refractivity contribution in [2.45, 2.75) is 78.1 Å². The van der Waals surface area contributed by atoms with Gasteiger partial charge in [0.25, 0.3) is 0 Å². The van der Waals surface area contributed by atoms with E-state index >= 15 is 4.39 Å². The van der Waals surface area contributed by atoms with E-state index in [-0.39, 0.29) is 56.1 Å². The number of aromatic nitrogens is 2. The molecule has 0 radical (unpaired) electrons. The summed E-state index contributed by atoms with van der Waals surface area (Å²) in [6, 6.07) is 16.1. The Bertz CT molecular complexity index is 2730. The molecule has 0 saturated carbocycles. The molecule has 388 valence electrons. The summed E-state index contributed by atoms with van der Waals surface area (Å²) in [6.07, 6.45) is 5.88. The number of hydrogen-bond acceptors (Lipinski definition) is 17. The molecule has 2 aromatic carbocycles. The van der Waals surface area contributed by atoms with E-state index in [0.717, 1.165) is 0 Å². The number of Topliss-reactive ketones (excluding diaryl/α,β-unsaturated/α-hetero) is 2. The maximum atomic E-state index is 15.0. The number of pyridine rings is 2. The second-order valence-corrected chi connectivity index (χ2v) is 18.5. The number of amides is 2. The molecule has 23 heteroatoms. The van der Waals surface area contributed by atoms with Crippen LogP contribution in [0.3, 0.4) is 0 Å². The number of rotatable bonds is 16. The first-order chi connectivity index (χ1) is 34.3. The highest BCUT2D eigenvalue weighted by Crippen LogP contribution is 2.32. The third-order valence-electron chi connectivity index (χ3n) is 11.6. The Hall–Kier alpha value is -7.75. The summed E-state index contributed by atoms with van der Waals surface area (Å²) >= 11 is 0. The smallest absolute Gasteiger partial charge is 0.414 e. The van der Waals surface area contributed by atoms with E-state index in [4.69, 9.17) is 19.3 Å². The van der Waals surface area contributed by atoms with Crippen LogP contribution in [-0.2, 0) is 33.4 Å². The molecule has 2 amide bonds. The van der Waals surface area contributed by atoms with E-state index < -0.39 is 47.6 Å². The SMILES string of the molecule is CC(=O)CC[C@H]1CN(c2ccc(-c3ccc(N4C=NN(CC(=O)O)CC4)nc3)c(F)c2)C(=O)O1.CC(=O)CC[C@H]1CN(c2ccc(-c3ccc(N4C=NN(CC(=O)OC(C)(C)C)CC4)nc3)c(F)c2)C(=O)O1.Cl. The number of aliphatic carboxylic acids is 1. The Morgan fingerprint density at radius 3 is 1.45 bits per heavy atom. The van der Waals surface area contributed by atoms with Crippen LogP contribution < -0.4 is 19.6 Å². The molecule has 0 spiro atoms. The van der Waals surface area contributed by atoms with E-state index in [0.29, 0.717) is 97.1 Å². The largest absolute Gasteiger partial charge is 0.480 e. The highest BCUT2D eigenvalue weighted by atomic mass is 35.5. The van der Waals surface area contributed by atoms with Crippen LogP contribution in [0.25, 0.3) is 22.3 Å². The van der Waals surface area contributed by atoms with Gasteiger partial charge in [-0.05, 0) is 108 Å². The van der Waals surface area contributed by atoms with Crippen molar-refractivity contribution in [3.63, 3.8) is 0 Å². The fourth-order valence-electron chi connectivity index (χ4n) is 7.95. The van der Waals surface area contributed by atoms with Crippen molar-refractivity contribution >= 4 is 83.8 Å². The van der Waals surface area contributed by atoms with Gasteiger partial charge in [0, 0.05) is 60.6 Å². The number of carboxylic acids is 1. The van der Waals surface area contributed by atoms with Crippen LogP contribution in [0.2, 0.25) is 0 Å². The molecule has 6 heterocycles. The minimum atomic E-state index is -0.949. The van der Waals surface area contributed by atoms with Crippen molar-refractivity contribution in [1.82, 2.24) is 20.0 Å². The molecule has 2 atom stereocenters. The predicted octanol–water partition coefficient (Wildman–Crippen LogP) is 7.14. The quantitative estimate of drug-likeness (QED) is 0.0870. The van der Waals surface area contributed by atoms with Crippen LogP contribution in [0.1, 0.15) is 60.3 Å². The number of hydrazone groups is 2. The molecule has 4 aromatic rings. The number of nitrogens with zero attached hydrogens (tertiary/aromatic N) is 10. The number of benzene rings is 2. The standard InChI is InChI=1S/C27H32FN5O5.C23H24FN5O5.ClH/c1-18(34)5-8-21-15-33(26(36)37-21)20-7-9-22(23(28)13-20)19-6-10-24(29-14-19)31-11-12-32(30-17-31)16-25(35)38-27(2,3)4;1-15(30)2-5-18-12-29(23(33)34-18)17-4-6-19(20(24)10-17)16-3-7-21(25-11-16)27-8-9-28(26-14-27)13-22(31)32;/h6-7,9-10,13-14,17,21H,5,8,11-12,15-16H2,1-4H3;3-4,6-7,10-11,14,18H,2,5,8-9,12-13H2,1H3,(H,31,32);1H/t21-;18-;/m00./s1. The molecular formula is C50H57ClF2N10O10. The third-order valence-corrected chi connectivity index (χ3v) is 11.6. The minimum absolute atomic E-state index is 0. The maximum Gasteiger partial charge on any atom is 0.414 e. The van der Waals surface area contributed by atoms with Gasteiger partial charge >= 0.3 is 24.1 Å². The number of cyclic esters (lactones) is 2. The normalized spacial score (nSPS) is 17.4. The zero-order valence-corrected chi connectivity index (χ0v) is 41.8. The van der Waals surface area contributed by atoms with Crippen LogP contribution >= 0.6 is 12.4 Å². The summed E-state index contributed by atoms with van der Waals surface area (Å²) in [7, 11) is 0. The number of carbonyl (C=O) groups is 6. The molecule has 73 heavy (non-hydrogen) atoms. The third kappa shape index (κ3) is 14.9. The molecule has 2 fully saturated rings. The molecule has 8 rings (SSSR count). The van der Waals surface area contributed by atoms with Crippen molar-refractivity contribution < 1.29 is 56.9 Å². The van der Waals surface area contributed by atoms with Crippen LogP contribution in [0.4, 0.5) is 41.4 Å². The molecule has 0 bridgehead atoms. The second kappa shape index (κ2) is 24.1. The van der Waals surface area contributed by atoms with Gasteiger partial charge in [-0.1, -0.05) is 0 Å². The summed E-state index contributed by atoms with van der Waals surface area (Å²) in [5.41, 5.74) is 2.07. The van der Waals surface area contributed by atoms with Gasteiger partial charge in [0.05, 0.1) is 37.6 Å². The Labute approximate surface area is 426 Å². The minimum Gasteiger partial charge on any atom is -0.480 e. The fraction of sp³-hybridized carbons (Fsp3) is 0.400. The summed E-state index contributed by atoms with van der Waals surface area (Å²) < 4.78 is 45.9. The molecule has 0 aliphatic carbocycles. The van der Waals surface area contributed by atoms with Crippen molar-refractivity contribution in [3.8, 4) is 22.3 Å². The Kier molecular flexibility index (Phi) is 18.0. The lowest BCUT2D eigenvalue weighted by atomic mass is 10.1. The summed E-state index contributed by atoms with van der Waals surface area (Å²) in [4.78, 5) is 84.8. The highest BCUT2D eigenvalue weighted by molar-refractivity contribution is 5.91. The summed E-state index contributed by atoms with van der Waals surface area (Å²) in [5.74, 6) is -0.980. The zero-order chi connectivity index (χ0) is 51.7. The molecular weight excluding hydrogens is 974 g/mol. The van der Waals surface area contributed by atoms with Crippen LogP contribution in [0, 0.1) is 11.6 Å². The molecule has 20 nitrogen and oxygen atoms in total. The molecule has 4 aliphatic rings. The van der Waals surface area contributed by atoms with Gasteiger partial charge in [0.15, 0.2) is 0 Å². The van der Waals surface area contributed by atoms with E-state index in [1.165, 1.54) is 47.1 Å². The second-order valence-electron chi connectivity index (χ2n) is 18.5. The molecule has 2 aromatic heterocycles. The van der Waals surface area contributed by atoms with Gasteiger partial charge in [-0.15, -0.1) is 12.4 Å². The number of hydrogen-bond donors (Lipinski definition) is 1. The van der Waals surface area contributed by atoms with E-state index in [9.17, 15) is 33.2 Å². The topological polar surface area (TPSA) is 220 Å². The number of esters is 1. The Balaban J connectivity index is 0.000000236. The monoisotopic (exact) mass is 1030 g/mol. The maximum absolute atomic E-state index is 15.0. The first kappa shape index (κ1) is 54.6. The summed E-state index contributed by atoms with van der Waals surface area (Å²) in [6.45, 7) is 10.9. The number of anilines is 4. The van der Waals surface area contributed by atoms with E-state index in [1.807, 2.05) is 25.7 Å². The van der Waals surface area contributed by atoms with Gasteiger partial charge in [0.2, 0.25) is 0 Å². The fourth-order valence-corrected chi connectivity index (χ4v) is 7.95. The van der Waals surface area contributed by atoms with Crippen molar-refractivity contribution in [1.29, 1.82) is 0 Å². The van der Waals surface area contributed by atoms with Crippen LogP contribution in [0.5, 0.6) is 0 Å². The molecule has 4 aliphatic heterocycles. The number of ether oxygens (including phenoxy) is 3. The molecule has 1 N–H and O–H groups in total. The number of carbonyl (C=O) groups excluding carboxylic acids is 5. The van der Waals surface area contributed by atoms with E-state index in [2.05, 4.69) is 20.2 Å². The van der Waals surface area contributed by atoms with Gasteiger partial charge < -0.3 is 38.7 Å². The number of ketones is 2. The number of carboxylic acid groups (broad SMARTS) is 1. The van der Waals surface area contributed by atoms with Crippen LogP contribution in [0.15, 0.2) is 83.3 Å². The van der Waals surface area contributed by atoms with Gasteiger partial charge in [0.1, 0.15) is 78.4 Å². The molecule has 2 saturated heterocycles. The summed E-state index contributed by atoms with van der Waals surface area (Å²) in [5, 5.41) is 20.3. The average Bonchev–Trinajstić information content (AvgIpc) is 3.91. The first-order valence-corrected chi connectivity index (χ1v) is 23.3. The lowest BCUT2D eigenvalue weighted by molar-refractivity contribution is -0.156. The lowest BCUT2D eigenvalue weighted by Gasteiger charge is -2.29. The number of halogens is 3. The average molecular weight is 1030 g/mol. The lowest BCUT2D eigenvalue weighted by Crippen LogP contribution is -2.41. The van der Waals surface area contributed by atoms with Crippen molar-refractivity contribution in [2.24, 2.45) is 10.2 Å². The first-order valence-electron chi connectivity index (χ1n) is 23.3. The predicted molar refractivity (Wildman–Crippen MR) is 270 cm³/mol. The Morgan fingerprint density at radius 1 is 0.671 bits per heavy atom. The van der Waals surface area contributed by atoms with Crippen LogP contribution in [-0.4, -0.2) is 144 Å². The Morgan fingerprint density at radius 2 is 1.11 bits per heavy atom. The molecule has 0 unspecified atom stereocenters. The highest BCUT2D eigenvalue weighted by Gasteiger charge is 2.34. The van der Waals surface area contributed by atoms with E-state index in [1.54, 1.807) is 77.2 Å².